The van der Waals surface area contributed by atoms with Gasteiger partial charge in [-0.1, -0.05) is 69.5 Å². The topological polar surface area (TPSA) is 66.5 Å². The first kappa shape index (κ1) is 24.7. The average Bonchev–Trinajstić information content (AvgIpc) is 3.03. The van der Waals surface area contributed by atoms with Crippen molar-refractivity contribution in [3.63, 3.8) is 0 Å². The van der Waals surface area contributed by atoms with Crippen molar-refractivity contribution in [1.29, 1.82) is 0 Å². The number of halogens is 1. The van der Waals surface area contributed by atoms with Gasteiger partial charge < -0.3 is 5.32 Å². The first-order valence-electron chi connectivity index (χ1n) is 11.2. The molecule has 1 fully saturated rings. The number of hydrogen-bond acceptors (Lipinski definition) is 3. The Morgan fingerprint density at radius 2 is 1.59 bits per heavy atom. The summed E-state index contributed by atoms with van der Waals surface area (Å²) in [4.78, 5) is 13.1. The fraction of sp³-hybridized carbons (Fsp3) is 0.480. The minimum absolute atomic E-state index is 0.0534. The maximum atomic E-state index is 13.1. The van der Waals surface area contributed by atoms with E-state index in [-0.39, 0.29) is 26.9 Å². The standard InChI is InChI=1S/C25H33ClN2O3S/c1-18(19-9-11-20(12-10-19)25(2,3)4)27-24(29)22-17-21(13-14-23(22)26)32(30,31)28-15-7-5-6-8-16-28/h9-14,17-18H,5-8,15-16H2,1-4H3,(H,27,29)/t18-/m0/s1. The van der Waals surface area contributed by atoms with Crippen LogP contribution in [-0.2, 0) is 15.4 Å². The van der Waals surface area contributed by atoms with E-state index in [0.29, 0.717) is 13.1 Å². The third-order valence-corrected chi connectivity index (χ3v) is 8.23. The van der Waals surface area contributed by atoms with Gasteiger partial charge in [-0.05, 0) is 54.5 Å². The van der Waals surface area contributed by atoms with Gasteiger partial charge in [-0.15, -0.1) is 0 Å². The lowest BCUT2D eigenvalue weighted by Crippen LogP contribution is -2.32. The maximum Gasteiger partial charge on any atom is 0.253 e. The van der Waals surface area contributed by atoms with Crippen molar-refractivity contribution in [2.75, 3.05) is 13.1 Å². The van der Waals surface area contributed by atoms with Crippen LogP contribution in [0.3, 0.4) is 0 Å². The molecular formula is C25H33ClN2O3S. The molecule has 174 valence electrons. The van der Waals surface area contributed by atoms with E-state index < -0.39 is 15.9 Å². The van der Waals surface area contributed by atoms with Gasteiger partial charge in [0.25, 0.3) is 5.91 Å². The number of nitrogens with one attached hydrogen (secondary N) is 1. The Bertz CT molecular complexity index is 1050. The summed E-state index contributed by atoms with van der Waals surface area (Å²) in [7, 11) is -3.66. The normalized spacial score (nSPS) is 16.9. The van der Waals surface area contributed by atoms with Gasteiger partial charge in [0.05, 0.1) is 21.5 Å². The van der Waals surface area contributed by atoms with Gasteiger partial charge in [0.2, 0.25) is 10.0 Å². The number of rotatable bonds is 5. The molecule has 0 aliphatic carbocycles. The van der Waals surface area contributed by atoms with E-state index >= 15 is 0 Å². The van der Waals surface area contributed by atoms with E-state index in [0.717, 1.165) is 31.2 Å². The highest BCUT2D eigenvalue weighted by atomic mass is 35.5. The molecular weight excluding hydrogens is 444 g/mol. The summed E-state index contributed by atoms with van der Waals surface area (Å²) < 4.78 is 27.8. The Kier molecular flexibility index (Phi) is 7.69. The molecule has 3 rings (SSSR count). The molecule has 1 aliphatic rings. The number of amides is 1. The summed E-state index contributed by atoms with van der Waals surface area (Å²) in [6.45, 7) is 9.38. The van der Waals surface area contributed by atoms with E-state index in [4.69, 9.17) is 11.6 Å². The first-order chi connectivity index (χ1) is 15.0. The second kappa shape index (κ2) is 9.94. The van der Waals surface area contributed by atoms with Crippen LogP contribution < -0.4 is 5.32 Å². The van der Waals surface area contributed by atoms with Crippen LogP contribution in [0.15, 0.2) is 47.4 Å². The summed E-state index contributed by atoms with van der Waals surface area (Å²) >= 11 is 6.28. The molecule has 0 spiro atoms. The number of benzene rings is 2. The van der Waals surface area contributed by atoms with Gasteiger partial charge in [-0.2, -0.15) is 4.31 Å². The van der Waals surface area contributed by atoms with Crippen molar-refractivity contribution in [1.82, 2.24) is 9.62 Å². The van der Waals surface area contributed by atoms with Crippen LogP contribution in [0.25, 0.3) is 0 Å². The average molecular weight is 477 g/mol. The maximum absolute atomic E-state index is 13.1. The second-order valence-corrected chi connectivity index (χ2v) is 11.9. The van der Waals surface area contributed by atoms with Crippen molar-refractivity contribution in [2.45, 2.75) is 69.7 Å². The lowest BCUT2D eigenvalue weighted by atomic mass is 9.86. The number of carbonyl (C=O) groups excluding carboxylic acids is 1. The molecule has 2 aromatic carbocycles. The van der Waals surface area contributed by atoms with Crippen LogP contribution in [0.5, 0.6) is 0 Å². The Morgan fingerprint density at radius 1 is 1.00 bits per heavy atom. The molecule has 0 aromatic heterocycles. The zero-order chi connectivity index (χ0) is 23.5. The van der Waals surface area contributed by atoms with E-state index in [9.17, 15) is 13.2 Å². The molecule has 32 heavy (non-hydrogen) atoms. The molecule has 0 saturated carbocycles. The molecule has 2 aromatic rings. The van der Waals surface area contributed by atoms with Crippen LogP contribution in [0.4, 0.5) is 0 Å². The Labute approximate surface area is 197 Å². The molecule has 7 heteroatoms. The highest BCUT2D eigenvalue weighted by Crippen LogP contribution is 2.27. The third-order valence-electron chi connectivity index (χ3n) is 6.01. The van der Waals surface area contributed by atoms with Gasteiger partial charge >= 0.3 is 0 Å². The molecule has 1 aliphatic heterocycles. The summed E-state index contributed by atoms with van der Waals surface area (Å²) in [5, 5.41) is 3.18. The van der Waals surface area contributed by atoms with Crippen molar-refractivity contribution in [3.05, 3.63) is 64.2 Å². The van der Waals surface area contributed by atoms with Crippen molar-refractivity contribution in [2.24, 2.45) is 0 Å². The predicted molar refractivity (Wildman–Crippen MR) is 130 cm³/mol. The smallest absolute Gasteiger partial charge is 0.253 e. The van der Waals surface area contributed by atoms with Crippen molar-refractivity contribution >= 4 is 27.5 Å². The largest absolute Gasteiger partial charge is 0.345 e. The monoisotopic (exact) mass is 476 g/mol. The zero-order valence-corrected chi connectivity index (χ0v) is 20.9. The highest BCUT2D eigenvalue weighted by molar-refractivity contribution is 7.89. The van der Waals surface area contributed by atoms with E-state index in [1.807, 2.05) is 19.1 Å². The highest BCUT2D eigenvalue weighted by Gasteiger charge is 2.27. The molecule has 5 nitrogen and oxygen atoms in total. The number of hydrogen-bond donors (Lipinski definition) is 1. The number of sulfonamides is 1. The van der Waals surface area contributed by atoms with Crippen LogP contribution >= 0.6 is 11.6 Å². The summed E-state index contributed by atoms with van der Waals surface area (Å²) in [6.07, 6.45) is 3.78. The van der Waals surface area contributed by atoms with Crippen LogP contribution in [0, 0.1) is 0 Å². The first-order valence-corrected chi connectivity index (χ1v) is 13.0. The Morgan fingerprint density at radius 3 is 2.16 bits per heavy atom. The van der Waals surface area contributed by atoms with E-state index in [2.05, 4.69) is 38.2 Å². The fourth-order valence-electron chi connectivity index (χ4n) is 3.90. The molecule has 0 unspecified atom stereocenters. The van der Waals surface area contributed by atoms with Crippen LogP contribution in [0.2, 0.25) is 5.02 Å². The molecule has 1 amide bonds. The molecule has 1 N–H and O–H groups in total. The van der Waals surface area contributed by atoms with Gasteiger partial charge in [0.15, 0.2) is 0 Å². The molecule has 0 bridgehead atoms. The Hall–Kier alpha value is -1.89. The minimum atomic E-state index is -3.66. The fourth-order valence-corrected chi connectivity index (χ4v) is 5.65. The summed E-state index contributed by atoms with van der Waals surface area (Å²) in [5.74, 6) is -0.393. The van der Waals surface area contributed by atoms with Crippen LogP contribution in [-0.4, -0.2) is 31.7 Å². The minimum Gasteiger partial charge on any atom is -0.345 e. The molecule has 1 heterocycles. The molecule has 0 radical (unpaired) electrons. The summed E-state index contributed by atoms with van der Waals surface area (Å²) in [6, 6.07) is 12.3. The predicted octanol–water partition coefficient (Wildman–Crippen LogP) is 5.69. The van der Waals surface area contributed by atoms with Crippen LogP contribution in [0.1, 0.15) is 80.9 Å². The zero-order valence-electron chi connectivity index (χ0n) is 19.3. The Balaban J connectivity index is 1.79. The van der Waals surface area contributed by atoms with Gasteiger partial charge in [-0.3, -0.25) is 4.79 Å². The molecule has 1 atom stereocenters. The second-order valence-electron chi connectivity index (χ2n) is 9.53. The third kappa shape index (κ3) is 5.72. The van der Waals surface area contributed by atoms with E-state index in [1.54, 1.807) is 0 Å². The van der Waals surface area contributed by atoms with Gasteiger partial charge in [0.1, 0.15) is 0 Å². The number of carbonyl (C=O) groups is 1. The lowest BCUT2D eigenvalue weighted by molar-refractivity contribution is 0.0940. The van der Waals surface area contributed by atoms with Crippen molar-refractivity contribution < 1.29 is 13.2 Å². The van der Waals surface area contributed by atoms with Gasteiger partial charge in [0, 0.05) is 13.1 Å². The van der Waals surface area contributed by atoms with Gasteiger partial charge in [-0.25, -0.2) is 8.42 Å². The van der Waals surface area contributed by atoms with Crippen molar-refractivity contribution in [3.8, 4) is 0 Å². The SMILES string of the molecule is C[C@H](NC(=O)c1cc(S(=O)(=O)N2CCCCCC2)ccc1Cl)c1ccc(C(C)(C)C)cc1. The van der Waals surface area contributed by atoms with E-state index in [1.165, 1.54) is 28.1 Å². The quantitative estimate of drug-likeness (QED) is 0.602. The lowest BCUT2D eigenvalue weighted by Gasteiger charge is -2.21. The summed E-state index contributed by atoms with van der Waals surface area (Å²) in [5.41, 5.74) is 2.41. The number of nitrogens with zero attached hydrogens (tertiary/aromatic N) is 1. The molecule has 1 saturated heterocycles.